The molecule has 1 saturated carbocycles. The third-order valence-corrected chi connectivity index (χ3v) is 8.28. The predicted octanol–water partition coefficient (Wildman–Crippen LogP) is 3.48. The highest BCUT2D eigenvalue weighted by Gasteiger charge is 2.32. The zero-order chi connectivity index (χ0) is 23.7. The van der Waals surface area contributed by atoms with E-state index < -0.39 is 10.0 Å². The van der Waals surface area contributed by atoms with Gasteiger partial charge in [-0.2, -0.15) is 4.31 Å². The van der Waals surface area contributed by atoms with Gasteiger partial charge < -0.3 is 10.2 Å². The van der Waals surface area contributed by atoms with E-state index >= 15 is 0 Å². The van der Waals surface area contributed by atoms with E-state index in [0.717, 1.165) is 29.2 Å². The minimum Gasteiger partial charge on any atom is -0.336 e. The molecule has 0 atom stereocenters. The van der Waals surface area contributed by atoms with Crippen LogP contribution in [0, 0.1) is 5.92 Å². The number of carbonyl (C=O) groups is 2. The number of fused-ring (bicyclic) bond motifs is 1. The largest absolute Gasteiger partial charge is 0.336 e. The molecule has 2 aliphatic rings. The van der Waals surface area contributed by atoms with E-state index in [1.807, 2.05) is 54.6 Å². The molecular formula is C26H27N3O4S. The third-order valence-electron chi connectivity index (χ3n) is 6.43. The lowest BCUT2D eigenvalue weighted by Gasteiger charge is -2.34. The maximum Gasteiger partial charge on any atom is 0.256 e. The molecule has 176 valence electrons. The summed E-state index contributed by atoms with van der Waals surface area (Å²) in [4.78, 5) is 27.6. The van der Waals surface area contributed by atoms with Crippen molar-refractivity contribution < 1.29 is 18.0 Å². The van der Waals surface area contributed by atoms with Gasteiger partial charge in [0.25, 0.3) is 5.91 Å². The van der Waals surface area contributed by atoms with E-state index in [4.69, 9.17) is 0 Å². The molecular weight excluding hydrogens is 450 g/mol. The Hall–Kier alpha value is -3.23. The Morgan fingerprint density at radius 2 is 1.47 bits per heavy atom. The van der Waals surface area contributed by atoms with Crippen molar-refractivity contribution in [1.82, 2.24) is 9.21 Å². The van der Waals surface area contributed by atoms with E-state index in [0.29, 0.717) is 24.3 Å². The van der Waals surface area contributed by atoms with Gasteiger partial charge >= 0.3 is 0 Å². The fraction of sp³-hybridized carbons (Fsp3) is 0.308. The maximum absolute atomic E-state index is 13.5. The molecule has 2 fully saturated rings. The molecule has 0 spiro atoms. The van der Waals surface area contributed by atoms with Gasteiger partial charge in [-0.1, -0.05) is 54.6 Å². The van der Waals surface area contributed by atoms with Gasteiger partial charge in [-0.3, -0.25) is 9.59 Å². The summed E-state index contributed by atoms with van der Waals surface area (Å²) < 4.78 is 27.2. The number of nitrogens with zero attached hydrogens (tertiary/aromatic N) is 2. The van der Waals surface area contributed by atoms with Crippen LogP contribution < -0.4 is 5.32 Å². The molecule has 0 unspecified atom stereocenters. The summed E-state index contributed by atoms with van der Waals surface area (Å²) in [6.07, 6.45) is 1.75. The van der Waals surface area contributed by atoms with Gasteiger partial charge in [0.15, 0.2) is 0 Å². The molecule has 0 aromatic heterocycles. The van der Waals surface area contributed by atoms with Crippen molar-refractivity contribution >= 4 is 38.3 Å². The molecule has 1 N–H and O–H groups in total. The minimum atomic E-state index is -3.47. The highest BCUT2D eigenvalue weighted by molar-refractivity contribution is 7.88. The third kappa shape index (κ3) is 4.83. The van der Waals surface area contributed by atoms with Crippen molar-refractivity contribution in [2.75, 3.05) is 31.5 Å². The summed E-state index contributed by atoms with van der Waals surface area (Å²) >= 11 is 0. The minimum absolute atomic E-state index is 0.0211. The normalized spacial score (nSPS) is 17.0. The predicted molar refractivity (Wildman–Crippen MR) is 132 cm³/mol. The number of hydrogen-bond acceptors (Lipinski definition) is 4. The molecule has 0 bridgehead atoms. The zero-order valence-electron chi connectivity index (χ0n) is 18.8. The molecule has 2 amide bonds. The van der Waals surface area contributed by atoms with Crippen LogP contribution in [0.4, 0.5) is 5.69 Å². The number of hydrogen-bond donors (Lipinski definition) is 1. The number of piperazine rings is 1. The Labute approximate surface area is 199 Å². The monoisotopic (exact) mass is 477 g/mol. The molecule has 34 heavy (non-hydrogen) atoms. The summed E-state index contributed by atoms with van der Waals surface area (Å²) in [7, 11) is -3.47. The highest BCUT2D eigenvalue weighted by Crippen LogP contribution is 2.32. The number of anilines is 1. The molecule has 1 aliphatic carbocycles. The van der Waals surface area contributed by atoms with E-state index in [1.54, 1.807) is 17.0 Å². The summed E-state index contributed by atoms with van der Waals surface area (Å²) in [6.45, 7) is 1.10. The van der Waals surface area contributed by atoms with Crippen LogP contribution in [0.5, 0.6) is 0 Å². The number of nitrogens with one attached hydrogen (secondary N) is 1. The average molecular weight is 478 g/mol. The first-order valence-corrected chi connectivity index (χ1v) is 13.2. The zero-order valence-corrected chi connectivity index (χ0v) is 19.6. The molecule has 7 nitrogen and oxygen atoms in total. The Bertz CT molecular complexity index is 1330. The van der Waals surface area contributed by atoms with Crippen LogP contribution in [0.2, 0.25) is 0 Å². The summed E-state index contributed by atoms with van der Waals surface area (Å²) in [5.74, 6) is -0.282. The lowest BCUT2D eigenvalue weighted by Crippen LogP contribution is -2.50. The fourth-order valence-corrected chi connectivity index (χ4v) is 5.83. The second-order valence-corrected chi connectivity index (χ2v) is 10.9. The number of sulfonamides is 1. The number of amides is 2. The first-order valence-electron chi connectivity index (χ1n) is 11.6. The molecule has 3 aromatic carbocycles. The Balaban J connectivity index is 1.33. The number of benzene rings is 3. The molecule has 1 aliphatic heterocycles. The second kappa shape index (κ2) is 9.19. The lowest BCUT2D eigenvalue weighted by atomic mass is 10.0. The molecule has 1 heterocycles. The van der Waals surface area contributed by atoms with E-state index in [2.05, 4.69) is 5.32 Å². The van der Waals surface area contributed by atoms with Crippen LogP contribution in [0.3, 0.4) is 0 Å². The van der Waals surface area contributed by atoms with Crippen molar-refractivity contribution in [3.05, 3.63) is 77.9 Å². The highest BCUT2D eigenvalue weighted by atomic mass is 32.2. The van der Waals surface area contributed by atoms with Crippen molar-refractivity contribution in [3.8, 4) is 0 Å². The van der Waals surface area contributed by atoms with Crippen molar-refractivity contribution in [3.63, 3.8) is 0 Å². The second-order valence-electron chi connectivity index (χ2n) is 8.94. The van der Waals surface area contributed by atoms with Gasteiger partial charge in [-0.05, 0) is 41.3 Å². The van der Waals surface area contributed by atoms with Gasteiger partial charge in [0.2, 0.25) is 15.9 Å². The van der Waals surface area contributed by atoms with Crippen LogP contribution >= 0.6 is 0 Å². The van der Waals surface area contributed by atoms with Gasteiger partial charge in [-0.25, -0.2) is 8.42 Å². The van der Waals surface area contributed by atoms with Crippen LogP contribution in [0.1, 0.15) is 28.8 Å². The summed E-state index contributed by atoms with van der Waals surface area (Å²) in [5.41, 5.74) is 1.70. The van der Waals surface area contributed by atoms with E-state index in [1.165, 1.54) is 4.31 Å². The van der Waals surface area contributed by atoms with E-state index in [-0.39, 0.29) is 36.6 Å². The smallest absolute Gasteiger partial charge is 0.256 e. The standard InChI is InChI=1S/C26H27N3O4S/c30-25(20-10-11-20)27-24-17-22-9-5-4-8-21(22)16-23(24)26(31)28-12-14-29(15-13-28)34(32,33)18-19-6-2-1-3-7-19/h1-9,16-17,20H,10-15,18H2,(H,27,30). The number of rotatable bonds is 6. The van der Waals surface area contributed by atoms with Crippen LogP contribution in [0.15, 0.2) is 66.7 Å². The van der Waals surface area contributed by atoms with E-state index in [9.17, 15) is 18.0 Å². The maximum atomic E-state index is 13.5. The molecule has 8 heteroatoms. The van der Waals surface area contributed by atoms with Crippen molar-refractivity contribution in [2.45, 2.75) is 18.6 Å². The first-order chi connectivity index (χ1) is 16.4. The summed E-state index contributed by atoms with van der Waals surface area (Å²) in [5, 5.41) is 4.81. The Morgan fingerprint density at radius 3 is 2.12 bits per heavy atom. The van der Waals surface area contributed by atoms with Crippen molar-refractivity contribution in [2.24, 2.45) is 5.92 Å². The molecule has 5 rings (SSSR count). The van der Waals surface area contributed by atoms with Gasteiger partial charge in [0, 0.05) is 32.1 Å². The SMILES string of the molecule is O=C(Nc1cc2ccccc2cc1C(=O)N1CCN(S(=O)(=O)Cc2ccccc2)CC1)C1CC1. The lowest BCUT2D eigenvalue weighted by molar-refractivity contribution is -0.117. The molecule has 0 radical (unpaired) electrons. The quantitative estimate of drug-likeness (QED) is 0.589. The van der Waals surface area contributed by atoms with Gasteiger partial charge in [0.1, 0.15) is 0 Å². The van der Waals surface area contributed by atoms with Crippen molar-refractivity contribution in [1.29, 1.82) is 0 Å². The Kier molecular flexibility index (Phi) is 6.10. The Morgan fingerprint density at radius 1 is 0.853 bits per heavy atom. The average Bonchev–Trinajstić information content (AvgIpc) is 3.69. The van der Waals surface area contributed by atoms with Crippen LogP contribution in [-0.4, -0.2) is 55.6 Å². The van der Waals surface area contributed by atoms with Gasteiger partial charge in [-0.15, -0.1) is 0 Å². The first kappa shape index (κ1) is 22.6. The van der Waals surface area contributed by atoms with Gasteiger partial charge in [0.05, 0.1) is 17.0 Å². The summed E-state index contributed by atoms with van der Waals surface area (Å²) in [6, 6.07) is 20.5. The topological polar surface area (TPSA) is 86.8 Å². The van der Waals surface area contributed by atoms with Crippen LogP contribution in [0.25, 0.3) is 10.8 Å². The fourth-order valence-electron chi connectivity index (χ4n) is 4.32. The molecule has 3 aromatic rings. The number of carbonyl (C=O) groups excluding carboxylic acids is 2. The van der Waals surface area contributed by atoms with Crippen LogP contribution in [-0.2, 0) is 20.6 Å². The molecule has 1 saturated heterocycles.